The second-order valence-electron chi connectivity index (χ2n) is 29.8. The molecule has 7 heterocycles. The molecule has 25 rings (SSSR count). The Balaban J connectivity index is 0.720. The first-order chi connectivity index (χ1) is 56.0. The van der Waals surface area contributed by atoms with E-state index in [0.29, 0.717) is 11.6 Å². The Bertz CT molecular complexity index is 8360. The number of nitrogens with zero attached hydrogens (tertiary/aromatic N) is 6. The molecule has 0 aliphatic heterocycles. The topological polar surface area (TPSA) is 74.6 Å². The van der Waals surface area contributed by atoms with Crippen LogP contribution < -0.4 is 0 Å². The Morgan fingerprint density at radius 2 is 0.655 bits per heavy atom. The lowest BCUT2D eigenvalue weighted by molar-refractivity contribution is 0.669. The van der Waals surface area contributed by atoms with Crippen molar-refractivity contribution in [2.75, 3.05) is 0 Å². The molecule has 0 saturated heterocycles. The summed E-state index contributed by atoms with van der Waals surface area (Å²) in [6, 6.07) is 129. The van der Waals surface area contributed by atoms with Crippen LogP contribution >= 0.6 is 22.7 Å². The van der Waals surface area contributed by atoms with E-state index < -0.39 is 0 Å². The molecule has 0 spiro atoms. The number of hydrogen-bond donors (Lipinski definition) is 0. The molecule has 0 N–H and O–H groups in total. The van der Waals surface area contributed by atoms with Crippen LogP contribution in [0, 0.1) is 0 Å². The SMILES string of the molecule is c1ccc(-c2ccc(-c3nc(-c4cc(-n5c6ccc7ccccc7c6c6c7cc(-c8cccc9c8sc8c(-c%10nc(-c%11ccc%12c(c%11)oc%11ccccc%11%12)c%11ccccc%11n%10)cc(-n%10c%11ccc%12ccccc%12c%11c%11c%12ccccc%12ccc%11%10)cc89)ccc7ccc65)cc5c4sc4ccccc45)nc4ccccc34)cc2)cc1. The predicted molar refractivity (Wildman–Crippen MR) is 477 cm³/mol. The van der Waals surface area contributed by atoms with Crippen molar-refractivity contribution >= 4 is 193 Å². The van der Waals surface area contributed by atoms with E-state index in [4.69, 9.17) is 24.4 Å². The van der Waals surface area contributed by atoms with Gasteiger partial charge in [0.15, 0.2) is 11.6 Å². The Labute approximate surface area is 653 Å². The van der Waals surface area contributed by atoms with Gasteiger partial charge in [0, 0.05) is 117 Å². The fourth-order valence-electron chi connectivity index (χ4n) is 18.5. The normalized spacial score (nSPS) is 12.2. The number of benzene rings is 18. The zero-order valence-electron chi connectivity index (χ0n) is 60.4. The van der Waals surface area contributed by atoms with Crippen LogP contribution in [0.5, 0.6) is 0 Å². The van der Waals surface area contributed by atoms with Crippen molar-refractivity contribution in [3.8, 4) is 78.9 Å². The van der Waals surface area contributed by atoms with Crippen molar-refractivity contribution in [1.82, 2.24) is 29.1 Å². The second kappa shape index (κ2) is 24.0. The van der Waals surface area contributed by atoms with E-state index in [1.165, 1.54) is 85.0 Å². The molecular weight excluding hydrogens is 1410 g/mol. The lowest BCUT2D eigenvalue weighted by Gasteiger charge is -2.14. The smallest absolute Gasteiger partial charge is 0.161 e. The van der Waals surface area contributed by atoms with Crippen LogP contribution in [0.25, 0.3) is 250 Å². The maximum absolute atomic E-state index is 6.59. The molecule has 18 aromatic carbocycles. The minimum atomic E-state index is 0.648. The van der Waals surface area contributed by atoms with Gasteiger partial charge >= 0.3 is 0 Å². The third-order valence-corrected chi connectivity index (χ3v) is 26.2. The van der Waals surface area contributed by atoms with E-state index in [2.05, 4.69) is 349 Å². The van der Waals surface area contributed by atoms with Gasteiger partial charge in [0.05, 0.1) is 44.5 Å². The summed E-state index contributed by atoms with van der Waals surface area (Å²) >= 11 is 3.64. The molecule has 0 aliphatic rings. The minimum Gasteiger partial charge on any atom is -0.456 e. The van der Waals surface area contributed by atoms with E-state index in [0.717, 1.165) is 153 Å². The number of thiophene rings is 2. The quantitative estimate of drug-likeness (QED) is 0.152. The summed E-state index contributed by atoms with van der Waals surface area (Å²) in [6.07, 6.45) is 0. The maximum atomic E-state index is 6.59. The van der Waals surface area contributed by atoms with Gasteiger partial charge in [-0.1, -0.05) is 261 Å². The fraction of sp³-hybridized carbons (Fsp3) is 0. The van der Waals surface area contributed by atoms with Crippen molar-refractivity contribution in [2.24, 2.45) is 0 Å². The zero-order valence-corrected chi connectivity index (χ0v) is 62.0. The van der Waals surface area contributed by atoms with E-state index in [9.17, 15) is 0 Å². The predicted octanol–water partition coefficient (Wildman–Crippen LogP) is 29.0. The van der Waals surface area contributed by atoms with E-state index >= 15 is 0 Å². The van der Waals surface area contributed by atoms with Gasteiger partial charge in [-0.15, -0.1) is 22.7 Å². The standard InChI is InChI=1S/C104H58N6OS2/c1-2-19-59(20-3-1)60-37-40-65(41-38-60)98-78-29-10-14-33-85(78)105-103(107-98)83-57-68(55-81-76-28-13-17-36-93(76)112-101(81)83)110-89-51-46-63-23-6-9-26-72(63)96(89)97-80-53-66(42-39-64(80)47-52-90(97)110)73-31-18-32-77-82-56-69(109-87-49-44-61-21-4-7-24-70(61)94(87)95-71-25-8-5-22-62(71)45-50-88(95)109)58-84(102(82)113-100(73)77)104-106-86-34-15-11-30-79(86)99(108-104)67-43-48-75-74-27-12-16-35-91(74)111-92(75)54-67/h1-58H. The first-order valence-corrected chi connectivity index (χ1v) is 39.9. The van der Waals surface area contributed by atoms with Gasteiger partial charge in [0.25, 0.3) is 0 Å². The van der Waals surface area contributed by atoms with Gasteiger partial charge in [0.2, 0.25) is 0 Å². The van der Waals surface area contributed by atoms with E-state index in [1.54, 1.807) is 0 Å². The molecule has 0 atom stereocenters. The van der Waals surface area contributed by atoms with Crippen molar-refractivity contribution in [2.45, 2.75) is 0 Å². The molecule has 7 nitrogen and oxygen atoms in total. The molecule has 7 aromatic heterocycles. The van der Waals surface area contributed by atoms with E-state index in [-0.39, 0.29) is 0 Å². The Morgan fingerprint density at radius 1 is 0.230 bits per heavy atom. The van der Waals surface area contributed by atoms with Crippen molar-refractivity contribution < 1.29 is 4.42 Å². The highest BCUT2D eigenvalue weighted by Gasteiger charge is 2.27. The van der Waals surface area contributed by atoms with Gasteiger partial charge in [-0.3, -0.25) is 0 Å². The highest BCUT2D eigenvalue weighted by Crippen LogP contribution is 2.51. The van der Waals surface area contributed by atoms with Crippen LogP contribution in [0.2, 0.25) is 0 Å². The largest absolute Gasteiger partial charge is 0.456 e. The van der Waals surface area contributed by atoms with Gasteiger partial charge in [-0.05, 0) is 156 Å². The summed E-state index contributed by atoms with van der Waals surface area (Å²) in [6.45, 7) is 0. The number of furan rings is 1. The van der Waals surface area contributed by atoms with Crippen LogP contribution in [0.4, 0.5) is 0 Å². The molecule has 522 valence electrons. The van der Waals surface area contributed by atoms with Crippen LogP contribution in [-0.2, 0) is 0 Å². The molecule has 25 aromatic rings. The average molecular weight is 1470 g/mol. The Morgan fingerprint density at radius 3 is 1.27 bits per heavy atom. The van der Waals surface area contributed by atoms with Crippen molar-refractivity contribution in [3.63, 3.8) is 0 Å². The molecule has 0 unspecified atom stereocenters. The summed E-state index contributed by atoms with van der Waals surface area (Å²) in [5.74, 6) is 1.33. The third kappa shape index (κ3) is 9.35. The summed E-state index contributed by atoms with van der Waals surface area (Å²) in [5, 5.41) is 23.2. The number of aromatic nitrogens is 6. The lowest BCUT2D eigenvalue weighted by Crippen LogP contribution is -1.98. The van der Waals surface area contributed by atoms with Crippen LogP contribution in [0.1, 0.15) is 0 Å². The molecule has 0 bridgehead atoms. The highest BCUT2D eigenvalue weighted by atomic mass is 32.1. The molecule has 0 radical (unpaired) electrons. The first-order valence-electron chi connectivity index (χ1n) is 38.3. The number of rotatable bonds is 8. The van der Waals surface area contributed by atoms with Gasteiger partial charge < -0.3 is 13.6 Å². The molecule has 113 heavy (non-hydrogen) atoms. The minimum absolute atomic E-state index is 0.648. The lowest BCUT2D eigenvalue weighted by atomic mass is 9.95. The van der Waals surface area contributed by atoms with Gasteiger partial charge in [-0.2, -0.15) is 0 Å². The van der Waals surface area contributed by atoms with Crippen LogP contribution in [0.3, 0.4) is 0 Å². The number of hydrogen-bond acceptors (Lipinski definition) is 7. The van der Waals surface area contributed by atoms with E-state index in [1.807, 2.05) is 34.8 Å². The maximum Gasteiger partial charge on any atom is 0.161 e. The summed E-state index contributed by atoms with van der Waals surface area (Å²) < 4.78 is 16.2. The molecule has 0 fully saturated rings. The van der Waals surface area contributed by atoms with Crippen molar-refractivity contribution in [3.05, 3.63) is 352 Å². The van der Waals surface area contributed by atoms with Crippen molar-refractivity contribution in [1.29, 1.82) is 0 Å². The monoisotopic (exact) mass is 1470 g/mol. The van der Waals surface area contributed by atoms with Crippen LogP contribution in [-0.4, -0.2) is 29.1 Å². The Kier molecular flexibility index (Phi) is 13.3. The summed E-state index contributed by atoms with van der Waals surface area (Å²) in [4.78, 5) is 22.6. The first kappa shape index (κ1) is 62.4. The average Bonchev–Trinajstić information content (AvgIpc) is 1.56. The third-order valence-electron chi connectivity index (χ3n) is 23.7. The Hall–Kier alpha value is -14.5. The zero-order chi connectivity index (χ0) is 73.7. The molecule has 0 saturated carbocycles. The molecular formula is C104H58N6OS2. The summed E-state index contributed by atoms with van der Waals surface area (Å²) in [7, 11) is 0. The fourth-order valence-corrected chi connectivity index (χ4v) is 21.1. The highest BCUT2D eigenvalue weighted by molar-refractivity contribution is 7.27. The molecule has 0 amide bonds. The number of para-hydroxylation sites is 3. The van der Waals surface area contributed by atoms with Gasteiger partial charge in [0.1, 0.15) is 11.2 Å². The van der Waals surface area contributed by atoms with Gasteiger partial charge in [-0.25, -0.2) is 19.9 Å². The molecule has 0 aliphatic carbocycles. The number of fused-ring (bicyclic) bond motifs is 25. The second-order valence-corrected chi connectivity index (χ2v) is 31.9. The summed E-state index contributed by atoms with van der Waals surface area (Å²) in [5.41, 5.74) is 20.3. The van der Waals surface area contributed by atoms with Crippen LogP contribution in [0.15, 0.2) is 356 Å². The molecule has 9 heteroatoms.